The molecule has 2 rings (SSSR count). The molecule has 0 aliphatic rings. The Bertz CT molecular complexity index is 456. The predicted octanol–water partition coefficient (Wildman–Crippen LogP) is 3.56. The highest BCUT2D eigenvalue weighted by Crippen LogP contribution is 2.29. The summed E-state index contributed by atoms with van der Waals surface area (Å²) in [5.41, 5.74) is 5.68. The van der Waals surface area contributed by atoms with Gasteiger partial charge in [0.1, 0.15) is 5.82 Å². The number of halogens is 1. The van der Waals surface area contributed by atoms with E-state index >= 15 is 0 Å². The molecule has 0 bridgehead atoms. The van der Waals surface area contributed by atoms with Gasteiger partial charge in [0.15, 0.2) is 0 Å². The maximum absolute atomic E-state index is 12.9. The van der Waals surface area contributed by atoms with E-state index in [1.807, 2.05) is 30.3 Å². The summed E-state index contributed by atoms with van der Waals surface area (Å²) < 4.78 is 12.9. The minimum Gasteiger partial charge on any atom is -0.396 e. The summed E-state index contributed by atoms with van der Waals surface area (Å²) >= 11 is 1.56. The van der Waals surface area contributed by atoms with Gasteiger partial charge in [-0.05, 0) is 30.3 Å². The molecule has 0 saturated heterocycles. The van der Waals surface area contributed by atoms with Crippen LogP contribution in [-0.2, 0) is 0 Å². The SMILES string of the molecule is Nc1cc(Sc2ccccc2)ccc1F. The Morgan fingerprint density at radius 3 is 2.33 bits per heavy atom. The van der Waals surface area contributed by atoms with Crippen molar-refractivity contribution in [2.45, 2.75) is 9.79 Å². The van der Waals surface area contributed by atoms with Gasteiger partial charge in [-0.3, -0.25) is 0 Å². The molecule has 2 N–H and O–H groups in total. The van der Waals surface area contributed by atoms with Crippen LogP contribution in [-0.4, -0.2) is 0 Å². The van der Waals surface area contributed by atoms with Crippen LogP contribution in [0, 0.1) is 5.82 Å². The number of benzene rings is 2. The van der Waals surface area contributed by atoms with Gasteiger partial charge in [-0.2, -0.15) is 0 Å². The van der Waals surface area contributed by atoms with Crippen LogP contribution in [0.3, 0.4) is 0 Å². The lowest BCUT2D eigenvalue weighted by atomic mass is 10.3. The molecule has 0 aliphatic carbocycles. The van der Waals surface area contributed by atoms with E-state index in [1.54, 1.807) is 23.9 Å². The second kappa shape index (κ2) is 4.36. The van der Waals surface area contributed by atoms with E-state index < -0.39 is 0 Å². The molecule has 0 atom stereocenters. The van der Waals surface area contributed by atoms with Crippen LogP contribution in [0.25, 0.3) is 0 Å². The number of hydrogen-bond acceptors (Lipinski definition) is 2. The average Bonchev–Trinajstić information content (AvgIpc) is 2.25. The van der Waals surface area contributed by atoms with E-state index in [4.69, 9.17) is 5.73 Å². The maximum atomic E-state index is 12.9. The number of hydrogen-bond donors (Lipinski definition) is 1. The summed E-state index contributed by atoms with van der Waals surface area (Å²) in [6, 6.07) is 14.7. The number of nitrogen functional groups attached to an aromatic ring is 1. The zero-order chi connectivity index (χ0) is 10.7. The molecular weight excluding hydrogens is 209 g/mol. The molecule has 1 nitrogen and oxygen atoms in total. The molecule has 0 saturated carbocycles. The largest absolute Gasteiger partial charge is 0.396 e. The summed E-state index contributed by atoms with van der Waals surface area (Å²) in [6.07, 6.45) is 0. The van der Waals surface area contributed by atoms with Crippen molar-refractivity contribution in [1.29, 1.82) is 0 Å². The molecule has 0 aliphatic heterocycles. The van der Waals surface area contributed by atoms with Crippen molar-refractivity contribution in [2.75, 3.05) is 5.73 Å². The summed E-state index contributed by atoms with van der Waals surface area (Å²) in [6.45, 7) is 0. The van der Waals surface area contributed by atoms with E-state index in [0.29, 0.717) is 0 Å². The Morgan fingerprint density at radius 1 is 0.933 bits per heavy atom. The zero-order valence-corrected chi connectivity index (χ0v) is 8.80. The van der Waals surface area contributed by atoms with Crippen LogP contribution in [0.5, 0.6) is 0 Å². The van der Waals surface area contributed by atoms with Crippen molar-refractivity contribution in [3.05, 3.63) is 54.3 Å². The van der Waals surface area contributed by atoms with Gasteiger partial charge in [0.2, 0.25) is 0 Å². The third kappa shape index (κ3) is 2.50. The second-order valence-electron chi connectivity index (χ2n) is 3.10. The lowest BCUT2D eigenvalue weighted by molar-refractivity contribution is 0.631. The van der Waals surface area contributed by atoms with Crippen molar-refractivity contribution in [2.24, 2.45) is 0 Å². The highest BCUT2D eigenvalue weighted by Gasteiger charge is 2.01. The van der Waals surface area contributed by atoms with Crippen LogP contribution in [0.15, 0.2) is 58.3 Å². The first kappa shape index (κ1) is 10.1. The van der Waals surface area contributed by atoms with Gasteiger partial charge in [0.25, 0.3) is 0 Å². The van der Waals surface area contributed by atoms with Gasteiger partial charge in [-0.25, -0.2) is 4.39 Å². The topological polar surface area (TPSA) is 26.0 Å². The Hall–Kier alpha value is -1.48. The van der Waals surface area contributed by atoms with E-state index in [2.05, 4.69) is 0 Å². The quantitative estimate of drug-likeness (QED) is 0.781. The maximum Gasteiger partial charge on any atom is 0.146 e. The van der Waals surface area contributed by atoms with E-state index in [-0.39, 0.29) is 11.5 Å². The Balaban J connectivity index is 2.22. The molecule has 0 unspecified atom stereocenters. The monoisotopic (exact) mass is 219 g/mol. The standard InChI is InChI=1S/C12H10FNS/c13-11-7-6-10(8-12(11)14)15-9-4-2-1-3-5-9/h1-8H,14H2. The molecule has 0 spiro atoms. The van der Waals surface area contributed by atoms with Crippen LogP contribution in [0.1, 0.15) is 0 Å². The normalized spacial score (nSPS) is 10.2. The third-order valence-corrected chi connectivity index (χ3v) is 2.94. The van der Waals surface area contributed by atoms with Gasteiger partial charge >= 0.3 is 0 Å². The fraction of sp³-hybridized carbons (Fsp3) is 0. The molecule has 0 heterocycles. The smallest absolute Gasteiger partial charge is 0.146 e. The Morgan fingerprint density at radius 2 is 1.67 bits per heavy atom. The highest BCUT2D eigenvalue weighted by molar-refractivity contribution is 7.99. The molecule has 0 amide bonds. The van der Waals surface area contributed by atoms with Crippen LogP contribution in [0.2, 0.25) is 0 Å². The fourth-order valence-corrected chi connectivity index (χ4v) is 2.10. The number of nitrogens with two attached hydrogens (primary N) is 1. The summed E-state index contributed by atoms with van der Waals surface area (Å²) in [4.78, 5) is 2.06. The highest BCUT2D eigenvalue weighted by atomic mass is 32.2. The van der Waals surface area contributed by atoms with Gasteiger partial charge in [-0.1, -0.05) is 30.0 Å². The van der Waals surface area contributed by atoms with E-state index in [9.17, 15) is 4.39 Å². The molecular formula is C12H10FNS. The average molecular weight is 219 g/mol. The Labute approximate surface area is 92.1 Å². The van der Waals surface area contributed by atoms with Crippen LogP contribution in [0.4, 0.5) is 10.1 Å². The van der Waals surface area contributed by atoms with Gasteiger partial charge in [0.05, 0.1) is 5.69 Å². The molecule has 15 heavy (non-hydrogen) atoms. The molecule has 2 aromatic carbocycles. The summed E-state index contributed by atoms with van der Waals surface area (Å²) in [5, 5.41) is 0. The first-order chi connectivity index (χ1) is 7.25. The first-order valence-corrected chi connectivity index (χ1v) is 5.35. The van der Waals surface area contributed by atoms with Crippen molar-refractivity contribution >= 4 is 17.4 Å². The third-order valence-electron chi connectivity index (χ3n) is 1.95. The van der Waals surface area contributed by atoms with Crippen molar-refractivity contribution in [3.63, 3.8) is 0 Å². The predicted molar refractivity (Wildman–Crippen MR) is 61.4 cm³/mol. The molecule has 0 fully saturated rings. The van der Waals surface area contributed by atoms with E-state index in [1.165, 1.54) is 6.07 Å². The van der Waals surface area contributed by atoms with Gasteiger partial charge in [-0.15, -0.1) is 0 Å². The van der Waals surface area contributed by atoms with Crippen molar-refractivity contribution in [3.8, 4) is 0 Å². The van der Waals surface area contributed by atoms with Crippen molar-refractivity contribution < 1.29 is 4.39 Å². The minimum absolute atomic E-state index is 0.191. The van der Waals surface area contributed by atoms with E-state index in [0.717, 1.165) is 9.79 Å². The second-order valence-corrected chi connectivity index (χ2v) is 4.25. The molecule has 0 radical (unpaired) electrons. The lowest BCUT2D eigenvalue weighted by Crippen LogP contribution is -1.89. The van der Waals surface area contributed by atoms with Crippen LogP contribution >= 0.6 is 11.8 Å². The van der Waals surface area contributed by atoms with Crippen molar-refractivity contribution in [1.82, 2.24) is 0 Å². The fourth-order valence-electron chi connectivity index (χ4n) is 1.21. The van der Waals surface area contributed by atoms with Gasteiger partial charge in [0, 0.05) is 9.79 Å². The summed E-state index contributed by atoms with van der Waals surface area (Å²) in [5.74, 6) is -0.368. The first-order valence-electron chi connectivity index (χ1n) is 4.53. The molecule has 3 heteroatoms. The number of anilines is 1. The Kier molecular flexibility index (Phi) is 2.92. The van der Waals surface area contributed by atoms with Gasteiger partial charge < -0.3 is 5.73 Å². The lowest BCUT2D eigenvalue weighted by Gasteiger charge is -2.02. The van der Waals surface area contributed by atoms with Crippen LogP contribution < -0.4 is 5.73 Å². The summed E-state index contributed by atoms with van der Waals surface area (Å²) in [7, 11) is 0. The molecule has 0 aromatic heterocycles. The zero-order valence-electron chi connectivity index (χ0n) is 7.98. The minimum atomic E-state index is -0.368. The molecule has 2 aromatic rings. The molecule has 76 valence electrons. The number of rotatable bonds is 2.